The van der Waals surface area contributed by atoms with Crippen molar-refractivity contribution in [1.82, 2.24) is 0 Å². The third-order valence-corrected chi connectivity index (χ3v) is 9.32. The SMILES string of the molecule is CCOC(=O)[C@@H]1C[C@]1(/C=C\C=C\O[Si](C)(C)C(C)(C)C)C(=O)OCC. The van der Waals surface area contributed by atoms with E-state index in [9.17, 15) is 9.59 Å². The lowest BCUT2D eigenvalue weighted by Gasteiger charge is -2.34. The van der Waals surface area contributed by atoms with Crippen LogP contribution in [0.3, 0.4) is 0 Å². The van der Waals surface area contributed by atoms with Crippen molar-refractivity contribution in [3.8, 4) is 0 Å². The number of esters is 2. The molecule has 1 saturated carbocycles. The second-order valence-corrected chi connectivity index (χ2v) is 12.6. The van der Waals surface area contributed by atoms with Gasteiger partial charge >= 0.3 is 11.9 Å². The third kappa shape index (κ3) is 5.20. The number of rotatable bonds is 8. The Kier molecular flexibility index (Phi) is 7.05. The van der Waals surface area contributed by atoms with Crippen molar-refractivity contribution in [2.45, 2.75) is 59.2 Å². The maximum Gasteiger partial charge on any atom is 0.316 e. The summed E-state index contributed by atoms with van der Waals surface area (Å²) in [5.41, 5.74) is -0.899. The molecule has 0 amide bonds. The Morgan fingerprint density at radius 1 is 1.12 bits per heavy atom. The lowest BCUT2D eigenvalue weighted by Crippen LogP contribution is -2.39. The molecule has 0 aromatic heterocycles. The Bertz CT molecular complexity index is 545. The lowest BCUT2D eigenvalue weighted by molar-refractivity contribution is -0.153. The zero-order chi connectivity index (χ0) is 19.3. The molecule has 0 aromatic rings. The normalized spacial score (nSPS) is 23.7. The molecule has 5 nitrogen and oxygen atoms in total. The average Bonchev–Trinajstić information content (AvgIpc) is 3.22. The van der Waals surface area contributed by atoms with Crippen LogP contribution >= 0.6 is 0 Å². The number of hydrogen-bond donors (Lipinski definition) is 0. The van der Waals surface area contributed by atoms with E-state index in [4.69, 9.17) is 13.9 Å². The van der Waals surface area contributed by atoms with Gasteiger partial charge in [-0.25, -0.2) is 0 Å². The van der Waals surface area contributed by atoms with Crippen LogP contribution in [0.5, 0.6) is 0 Å². The Morgan fingerprint density at radius 3 is 2.24 bits per heavy atom. The number of hydrogen-bond acceptors (Lipinski definition) is 5. The average molecular weight is 369 g/mol. The molecule has 0 unspecified atom stereocenters. The van der Waals surface area contributed by atoms with Crippen LogP contribution in [-0.4, -0.2) is 33.5 Å². The topological polar surface area (TPSA) is 61.8 Å². The molecule has 142 valence electrons. The van der Waals surface area contributed by atoms with Crippen LogP contribution in [0.15, 0.2) is 24.5 Å². The highest BCUT2D eigenvalue weighted by Crippen LogP contribution is 2.55. The molecule has 1 fully saturated rings. The first kappa shape index (κ1) is 21.5. The van der Waals surface area contributed by atoms with Gasteiger partial charge in [0, 0.05) is 0 Å². The molecular weight excluding hydrogens is 336 g/mol. The fourth-order valence-corrected chi connectivity index (χ4v) is 2.99. The number of allylic oxidation sites excluding steroid dienone is 2. The van der Waals surface area contributed by atoms with Gasteiger partial charge in [-0.3, -0.25) is 9.59 Å². The largest absolute Gasteiger partial charge is 0.549 e. The van der Waals surface area contributed by atoms with E-state index in [2.05, 4.69) is 33.9 Å². The maximum atomic E-state index is 12.3. The van der Waals surface area contributed by atoms with Crippen LogP contribution in [0.2, 0.25) is 18.1 Å². The minimum atomic E-state index is -1.85. The first-order valence-electron chi connectivity index (χ1n) is 8.88. The van der Waals surface area contributed by atoms with Gasteiger partial charge in [0.05, 0.1) is 25.4 Å². The highest BCUT2D eigenvalue weighted by Gasteiger charge is 2.64. The van der Waals surface area contributed by atoms with Crippen molar-refractivity contribution < 1.29 is 23.5 Å². The predicted octanol–water partition coefficient (Wildman–Crippen LogP) is 4.21. The minimum Gasteiger partial charge on any atom is -0.549 e. The van der Waals surface area contributed by atoms with Crippen molar-refractivity contribution >= 4 is 20.3 Å². The molecule has 2 atom stereocenters. The van der Waals surface area contributed by atoms with Gasteiger partial charge in [-0.15, -0.1) is 0 Å². The van der Waals surface area contributed by atoms with Crippen molar-refractivity contribution in [3.63, 3.8) is 0 Å². The van der Waals surface area contributed by atoms with E-state index in [1.165, 1.54) is 0 Å². The molecule has 0 aromatic carbocycles. The fourth-order valence-electron chi connectivity index (χ4n) is 2.22. The summed E-state index contributed by atoms with van der Waals surface area (Å²) in [6, 6.07) is 0. The lowest BCUT2D eigenvalue weighted by atomic mass is 10.0. The van der Waals surface area contributed by atoms with Gasteiger partial charge in [-0.05, 0) is 44.5 Å². The summed E-state index contributed by atoms with van der Waals surface area (Å²) in [6.07, 6.45) is 7.36. The van der Waals surface area contributed by atoms with E-state index in [1.807, 2.05) is 0 Å². The highest BCUT2D eigenvalue weighted by molar-refractivity contribution is 6.74. The molecule has 0 aliphatic heterocycles. The van der Waals surface area contributed by atoms with Crippen LogP contribution in [0.1, 0.15) is 41.0 Å². The molecular formula is C19H32O5Si. The standard InChI is InChI=1S/C19H32O5Si/c1-8-22-16(20)15-14-19(15,17(21)23-9-2)12-10-11-13-24-25(6,7)18(3,4)5/h10-13,15H,8-9,14H2,1-7H3/b12-10-,13-11+/t15-,19-/m0/s1. The van der Waals surface area contributed by atoms with Crippen molar-refractivity contribution in [3.05, 3.63) is 24.5 Å². The van der Waals surface area contributed by atoms with E-state index in [1.54, 1.807) is 38.3 Å². The van der Waals surface area contributed by atoms with Gasteiger partial charge in [-0.2, -0.15) is 0 Å². The zero-order valence-electron chi connectivity index (χ0n) is 16.5. The summed E-state index contributed by atoms with van der Waals surface area (Å²) in [7, 11) is -1.85. The van der Waals surface area contributed by atoms with Gasteiger partial charge in [0.25, 0.3) is 0 Å². The molecule has 0 heterocycles. The summed E-state index contributed by atoms with van der Waals surface area (Å²) in [5.74, 6) is -1.18. The summed E-state index contributed by atoms with van der Waals surface area (Å²) >= 11 is 0. The number of carbonyl (C=O) groups is 2. The van der Waals surface area contributed by atoms with E-state index < -0.39 is 19.7 Å². The van der Waals surface area contributed by atoms with E-state index >= 15 is 0 Å². The molecule has 0 spiro atoms. The van der Waals surface area contributed by atoms with Crippen molar-refractivity contribution in [2.24, 2.45) is 11.3 Å². The van der Waals surface area contributed by atoms with Crippen LogP contribution in [0.4, 0.5) is 0 Å². The Hall–Kier alpha value is -1.56. The molecule has 1 aliphatic carbocycles. The zero-order valence-corrected chi connectivity index (χ0v) is 17.5. The van der Waals surface area contributed by atoms with Crippen molar-refractivity contribution in [1.29, 1.82) is 0 Å². The predicted molar refractivity (Wildman–Crippen MR) is 100 cm³/mol. The monoisotopic (exact) mass is 368 g/mol. The number of ether oxygens (including phenoxy) is 2. The summed E-state index contributed by atoms with van der Waals surface area (Å²) in [4.78, 5) is 24.2. The molecule has 0 radical (unpaired) electrons. The Labute approximate surface area is 152 Å². The second-order valence-electron chi connectivity index (χ2n) is 7.84. The quantitative estimate of drug-likeness (QED) is 0.278. The Balaban J connectivity index is 2.77. The molecule has 0 N–H and O–H groups in total. The molecule has 0 bridgehead atoms. The highest BCUT2D eigenvalue weighted by atomic mass is 28.4. The molecule has 1 aliphatic rings. The smallest absolute Gasteiger partial charge is 0.316 e. The summed E-state index contributed by atoms with van der Waals surface area (Å²) in [6.45, 7) is 14.9. The van der Waals surface area contributed by atoms with Gasteiger partial charge in [-0.1, -0.05) is 32.9 Å². The maximum absolute atomic E-state index is 12.3. The van der Waals surface area contributed by atoms with Crippen LogP contribution in [0.25, 0.3) is 0 Å². The third-order valence-electron chi connectivity index (χ3n) is 4.98. The molecule has 25 heavy (non-hydrogen) atoms. The van der Waals surface area contributed by atoms with Gasteiger partial charge in [0.15, 0.2) is 0 Å². The summed E-state index contributed by atoms with van der Waals surface area (Å²) in [5, 5.41) is 0.124. The molecule has 0 saturated heterocycles. The van der Waals surface area contributed by atoms with Crippen LogP contribution in [-0.2, 0) is 23.5 Å². The summed E-state index contributed by atoms with van der Waals surface area (Å²) < 4.78 is 16.1. The van der Waals surface area contributed by atoms with E-state index in [-0.39, 0.29) is 23.6 Å². The van der Waals surface area contributed by atoms with Crippen LogP contribution < -0.4 is 0 Å². The fraction of sp³-hybridized carbons (Fsp3) is 0.684. The molecule has 6 heteroatoms. The van der Waals surface area contributed by atoms with Crippen LogP contribution in [0, 0.1) is 11.3 Å². The van der Waals surface area contributed by atoms with E-state index in [0.29, 0.717) is 13.0 Å². The van der Waals surface area contributed by atoms with E-state index in [0.717, 1.165) is 0 Å². The van der Waals surface area contributed by atoms with Gasteiger partial charge < -0.3 is 13.9 Å². The van der Waals surface area contributed by atoms with Crippen molar-refractivity contribution in [2.75, 3.05) is 13.2 Å². The number of carbonyl (C=O) groups excluding carboxylic acids is 2. The second kappa shape index (κ2) is 8.21. The van der Waals surface area contributed by atoms with Gasteiger partial charge in [0.1, 0.15) is 5.41 Å². The first-order valence-corrected chi connectivity index (χ1v) is 11.8. The van der Waals surface area contributed by atoms with Gasteiger partial charge in [0.2, 0.25) is 8.32 Å². The first-order chi connectivity index (χ1) is 11.5. The minimum absolute atomic E-state index is 0.124. The molecule has 1 rings (SSSR count). The Morgan fingerprint density at radius 2 is 1.72 bits per heavy atom.